The number of nitrogens with zero attached hydrogens (tertiary/aromatic N) is 3. The first-order chi connectivity index (χ1) is 9.14. The van der Waals surface area contributed by atoms with Crippen LogP contribution in [0, 0.1) is 11.3 Å². The minimum Gasteiger partial charge on any atom is -0.481 e. The molecule has 3 heterocycles. The summed E-state index contributed by atoms with van der Waals surface area (Å²) in [4.78, 5) is 13.8. The lowest BCUT2D eigenvalue weighted by molar-refractivity contribution is -0.148. The summed E-state index contributed by atoms with van der Waals surface area (Å²) >= 11 is 0. The van der Waals surface area contributed by atoms with E-state index in [-0.39, 0.29) is 5.92 Å². The van der Waals surface area contributed by atoms with Crippen LogP contribution >= 0.6 is 0 Å². The smallest absolute Gasteiger partial charge is 0.312 e. The molecule has 0 amide bonds. The Labute approximate surface area is 112 Å². The number of nitrogens with one attached hydrogen (secondary N) is 1. The molecule has 1 aromatic heterocycles. The Morgan fingerprint density at radius 2 is 2.53 bits per heavy atom. The Kier molecular flexibility index (Phi) is 3.06. The maximum absolute atomic E-state index is 11.6. The normalized spacial score (nSPS) is 30.7. The van der Waals surface area contributed by atoms with Crippen LogP contribution in [-0.4, -0.2) is 51.9 Å². The van der Waals surface area contributed by atoms with Gasteiger partial charge in [-0.1, -0.05) is 0 Å². The first-order valence-corrected chi connectivity index (χ1v) is 6.82. The Hall–Kier alpha value is -1.40. The zero-order valence-electron chi connectivity index (χ0n) is 11.2. The third kappa shape index (κ3) is 2.04. The summed E-state index contributed by atoms with van der Waals surface area (Å²) in [7, 11) is 0. The molecule has 0 unspecified atom stereocenters. The third-order valence-corrected chi connectivity index (χ3v) is 4.44. The van der Waals surface area contributed by atoms with Gasteiger partial charge in [-0.15, -0.1) is 0 Å². The van der Waals surface area contributed by atoms with E-state index < -0.39 is 11.4 Å². The summed E-state index contributed by atoms with van der Waals surface area (Å²) in [5.74, 6) is -0.430. The summed E-state index contributed by atoms with van der Waals surface area (Å²) in [6, 6.07) is 0. The molecule has 2 aliphatic rings. The average molecular weight is 264 g/mol. The van der Waals surface area contributed by atoms with Crippen molar-refractivity contribution in [3.05, 3.63) is 18.0 Å². The number of carboxylic acid groups (broad SMARTS) is 1. The fourth-order valence-corrected chi connectivity index (χ4v) is 3.37. The van der Waals surface area contributed by atoms with E-state index in [4.69, 9.17) is 0 Å². The summed E-state index contributed by atoms with van der Waals surface area (Å²) in [5, 5.41) is 17.0. The molecule has 104 valence electrons. The number of aryl methyl sites for hydroxylation is 1. The van der Waals surface area contributed by atoms with Crippen molar-refractivity contribution in [1.29, 1.82) is 0 Å². The van der Waals surface area contributed by atoms with Crippen LogP contribution in [0.3, 0.4) is 0 Å². The Balaban J connectivity index is 1.70. The van der Waals surface area contributed by atoms with Gasteiger partial charge < -0.3 is 10.4 Å². The summed E-state index contributed by atoms with van der Waals surface area (Å²) in [6.07, 6.45) is 3.92. The lowest BCUT2D eigenvalue weighted by Crippen LogP contribution is -2.40. The number of aliphatic carboxylic acids is 1. The van der Waals surface area contributed by atoms with Crippen molar-refractivity contribution in [2.24, 2.45) is 11.3 Å². The molecule has 0 aromatic carbocycles. The maximum Gasteiger partial charge on any atom is 0.312 e. The largest absolute Gasteiger partial charge is 0.481 e. The number of hydrogen-bond acceptors (Lipinski definition) is 4. The number of rotatable bonds is 4. The van der Waals surface area contributed by atoms with Crippen LogP contribution in [0.15, 0.2) is 12.4 Å². The highest BCUT2D eigenvalue weighted by Gasteiger charge is 2.54. The molecule has 2 saturated heterocycles. The predicted molar refractivity (Wildman–Crippen MR) is 69.6 cm³/mol. The lowest BCUT2D eigenvalue weighted by Gasteiger charge is -2.22. The van der Waals surface area contributed by atoms with Crippen molar-refractivity contribution >= 4 is 5.97 Å². The average Bonchev–Trinajstić information content (AvgIpc) is 3.02. The Morgan fingerprint density at radius 1 is 1.68 bits per heavy atom. The van der Waals surface area contributed by atoms with Crippen molar-refractivity contribution in [2.45, 2.75) is 20.0 Å². The maximum atomic E-state index is 11.6. The van der Waals surface area contributed by atoms with Crippen molar-refractivity contribution in [3.63, 3.8) is 0 Å². The lowest BCUT2D eigenvalue weighted by atomic mass is 9.81. The number of aromatic nitrogens is 2. The molecule has 6 heteroatoms. The van der Waals surface area contributed by atoms with E-state index in [0.717, 1.165) is 31.7 Å². The molecular weight excluding hydrogens is 244 g/mol. The highest BCUT2D eigenvalue weighted by Crippen LogP contribution is 2.39. The van der Waals surface area contributed by atoms with Gasteiger partial charge in [-0.3, -0.25) is 14.4 Å². The van der Waals surface area contributed by atoms with Crippen LogP contribution < -0.4 is 5.32 Å². The molecule has 0 spiro atoms. The predicted octanol–water partition coefficient (Wildman–Crippen LogP) is 0.00900. The number of hydrogen-bond donors (Lipinski definition) is 2. The molecule has 2 fully saturated rings. The second-order valence-corrected chi connectivity index (χ2v) is 5.66. The molecule has 6 nitrogen and oxygen atoms in total. The zero-order chi connectivity index (χ0) is 13.5. The van der Waals surface area contributed by atoms with Crippen molar-refractivity contribution in [3.8, 4) is 0 Å². The summed E-state index contributed by atoms with van der Waals surface area (Å²) in [6.45, 7) is 6.63. The highest BCUT2D eigenvalue weighted by atomic mass is 16.4. The number of carbonyl (C=O) groups is 1. The minimum absolute atomic E-state index is 0.228. The van der Waals surface area contributed by atoms with E-state index in [1.807, 2.05) is 17.1 Å². The van der Waals surface area contributed by atoms with Gasteiger partial charge in [0.15, 0.2) is 0 Å². The van der Waals surface area contributed by atoms with E-state index in [1.165, 1.54) is 0 Å². The SMILES string of the molecule is CCn1cc(CN2C[C@H]3CNC[C@@]3(C(=O)O)C2)cn1. The van der Waals surface area contributed by atoms with Crippen molar-refractivity contribution in [2.75, 3.05) is 26.2 Å². The standard InChI is InChI=1S/C13H20N4O2/c1-2-17-6-10(3-15-17)5-16-7-11-4-14-8-13(11,9-16)12(18)19/h3,6,11,14H,2,4-5,7-9H2,1H3,(H,18,19)/t11-,13-/m1/s1. The van der Waals surface area contributed by atoms with Gasteiger partial charge in [0.2, 0.25) is 0 Å². The van der Waals surface area contributed by atoms with Gasteiger partial charge >= 0.3 is 5.97 Å². The van der Waals surface area contributed by atoms with Crippen LogP contribution in [0.2, 0.25) is 0 Å². The summed E-state index contributed by atoms with van der Waals surface area (Å²) in [5.41, 5.74) is 0.580. The number of carboxylic acids is 1. The molecule has 0 bridgehead atoms. The monoisotopic (exact) mass is 264 g/mol. The third-order valence-electron chi connectivity index (χ3n) is 4.44. The van der Waals surface area contributed by atoms with Crippen LogP contribution in [0.5, 0.6) is 0 Å². The molecule has 0 radical (unpaired) electrons. The first-order valence-electron chi connectivity index (χ1n) is 6.82. The molecule has 3 rings (SSSR count). The van der Waals surface area contributed by atoms with E-state index in [0.29, 0.717) is 13.1 Å². The topological polar surface area (TPSA) is 70.4 Å². The summed E-state index contributed by atoms with van der Waals surface area (Å²) < 4.78 is 1.90. The van der Waals surface area contributed by atoms with E-state index in [1.54, 1.807) is 0 Å². The van der Waals surface area contributed by atoms with Gasteiger partial charge in [-0.05, 0) is 6.92 Å². The fraction of sp³-hybridized carbons (Fsp3) is 0.692. The Bertz CT molecular complexity index is 487. The molecule has 2 N–H and O–H groups in total. The van der Waals surface area contributed by atoms with Crippen LogP contribution in [0.4, 0.5) is 0 Å². The number of likely N-dealkylation sites (tertiary alicyclic amines) is 1. The van der Waals surface area contributed by atoms with Gasteiger partial charge in [0.1, 0.15) is 0 Å². The molecule has 0 aliphatic carbocycles. The van der Waals surface area contributed by atoms with E-state index in [9.17, 15) is 9.90 Å². The van der Waals surface area contributed by atoms with E-state index in [2.05, 4.69) is 22.2 Å². The molecule has 2 atom stereocenters. The second kappa shape index (κ2) is 4.61. The molecular formula is C13H20N4O2. The molecule has 1 aromatic rings. The number of fused-ring (bicyclic) bond motifs is 1. The van der Waals surface area contributed by atoms with Crippen molar-refractivity contribution in [1.82, 2.24) is 20.0 Å². The molecule has 19 heavy (non-hydrogen) atoms. The van der Waals surface area contributed by atoms with Crippen LogP contribution in [0.1, 0.15) is 12.5 Å². The quantitative estimate of drug-likeness (QED) is 0.801. The van der Waals surface area contributed by atoms with Gasteiger partial charge in [0.25, 0.3) is 0 Å². The highest BCUT2D eigenvalue weighted by molar-refractivity contribution is 5.77. The van der Waals surface area contributed by atoms with E-state index >= 15 is 0 Å². The van der Waals surface area contributed by atoms with Gasteiger partial charge in [0, 0.05) is 56.9 Å². The Morgan fingerprint density at radius 3 is 3.16 bits per heavy atom. The fourth-order valence-electron chi connectivity index (χ4n) is 3.37. The molecule has 0 saturated carbocycles. The van der Waals surface area contributed by atoms with Gasteiger partial charge in [-0.25, -0.2) is 0 Å². The van der Waals surface area contributed by atoms with Crippen LogP contribution in [0.25, 0.3) is 0 Å². The molecule has 2 aliphatic heterocycles. The zero-order valence-corrected chi connectivity index (χ0v) is 11.2. The first kappa shape index (κ1) is 12.6. The van der Waals surface area contributed by atoms with Gasteiger partial charge in [-0.2, -0.15) is 5.10 Å². The van der Waals surface area contributed by atoms with Crippen molar-refractivity contribution < 1.29 is 9.90 Å². The van der Waals surface area contributed by atoms with Gasteiger partial charge in [0.05, 0.1) is 11.6 Å². The second-order valence-electron chi connectivity index (χ2n) is 5.66. The van der Waals surface area contributed by atoms with Crippen LogP contribution in [-0.2, 0) is 17.9 Å². The minimum atomic E-state index is -0.658.